The highest BCUT2D eigenvalue weighted by Crippen LogP contribution is 2.30. The first kappa shape index (κ1) is 11.5. The molecule has 0 amide bonds. The SMILES string of the molecule is Cc1nn(-c2ccccc2)c(NN)c1N=C=S. The van der Waals surface area contributed by atoms with Crippen molar-refractivity contribution in [1.82, 2.24) is 9.78 Å². The number of para-hydroxylation sites is 1. The zero-order valence-corrected chi connectivity index (χ0v) is 10.0. The highest BCUT2D eigenvalue weighted by Gasteiger charge is 2.14. The lowest BCUT2D eigenvalue weighted by molar-refractivity contribution is 0.863. The lowest BCUT2D eigenvalue weighted by Crippen LogP contribution is -2.12. The maximum Gasteiger partial charge on any atom is 0.170 e. The van der Waals surface area contributed by atoms with Gasteiger partial charge in [-0.2, -0.15) is 10.1 Å². The number of isothiocyanates is 1. The summed E-state index contributed by atoms with van der Waals surface area (Å²) in [5.41, 5.74) is 4.82. The van der Waals surface area contributed by atoms with Crippen LogP contribution in [0.15, 0.2) is 35.3 Å². The molecular weight excluding hydrogens is 234 g/mol. The lowest BCUT2D eigenvalue weighted by Gasteiger charge is -2.06. The van der Waals surface area contributed by atoms with Gasteiger partial charge in [0.1, 0.15) is 5.69 Å². The molecule has 0 bridgehead atoms. The molecule has 5 nitrogen and oxygen atoms in total. The van der Waals surface area contributed by atoms with Crippen molar-refractivity contribution >= 4 is 28.9 Å². The highest BCUT2D eigenvalue weighted by atomic mass is 32.1. The third-order valence-corrected chi connectivity index (χ3v) is 2.42. The summed E-state index contributed by atoms with van der Waals surface area (Å²) in [5.74, 6) is 6.09. The Balaban J connectivity index is 2.63. The van der Waals surface area contributed by atoms with Crippen LogP contribution < -0.4 is 11.3 Å². The summed E-state index contributed by atoms with van der Waals surface area (Å²) in [6, 6.07) is 9.64. The minimum atomic E-state index is 0.589. The molecule has 1 aromatic carbocycles. The summed E-state index contributed by atoms with van der Waals surface area (Å²) in [6.45, 7) is 1.84. The van der Waals surface area contributed by atoms with Crippen LogP contribution in [0.25, 0.3) is 5.69 Å². The van der Waals surface area contributed by atoms with Gasteiger partial charge in [0, 0.05) is 0 Å². The van der Waals surface area contributed by atoms with Crippen molar-refractivity contribution in [3.05, 3.63) is 36.0 Å². The van der Waals surface area contributed by atoms with Gasteiger partial charge in [0.2, 0.25) is 0 Å². The monoisotopic (exact) mass is 245 g/mol. The van der Waals surface area contributed by atoms with Crippen LogP contribution in [0.3, 0.4) is 0 Å². The number of nitrogens with zero attached hydrogens (tertiary/aromatic N) is 3. The Morgan fingerprint density at radius 2 is 2.12 bits per heavy atom. The number of anilines is 1. The second kappa shape index (κ2) is 4.88. The molecule has 0 radical (unpaired) electrons. The normalized spacial score (nSPS) is 9.76. The number of nitrogens with one attached hydrogen (secondary N) is 1. The fourth-order valence-corrected chi connectivity index (χ4v) is 1.68. The quantitative estimate of drug-likeness (QED) is 0.376. The summed E-state index contributed by atoms with van der Waals surface area (Å²) in [5, 5.41) is 6.69. The van der Waals surface area contributed by atoms with E-state index in [9.17, 15) is 0 Å². The van der Waals surface area contributed by atoms with E-state index in [4.69, 9.17) is 5.84 Å². The Morgan fingerprint density at radius 1 is 1.41 bits per heavy atom. The van der Waals surface area contributed by atoms with E-state index >= 15 is 0 Å². The molecular formula is C11H11N5S. The van der Waals surface area contributed by atoms with Crippen LogP contribution in [0.1, 0.15) is 5.69 Å². The molecule has 0 atom stereocenters. The van der Waals surface area contributed by atoms with Crippen molar-refractivity contribution < 1.29 is 0 Å². The predicted molar refractivity (Wildman–Crippen MR) is 70.8 cm³/mol. The number of thiocarbonyl (C=S) groups is 1. The zero-order valence-electron chi connectivity index (χ0n) is 9.21. The third kappa shape index (κ3) is 2.09. The van der Waals surface area contributed by atoms with E-state index in [1.807, 2.05) is 37.3 Å². The number of aryl methyl sites for hydroxylation is 1. The fourth-order valence-electron chi connectivity index (χ4n) is 1.58. The van der Waals surface area contributed by atoms with Gasteiger partial charge in [-0.25, -0.2) is 10.5 Å². The first-order valence-electron chi connectivity index (χ1n) is 4.97. The third-order valence-electron chi connectivity index (χ3n) is 2.32. The zero-order chi connectivity index (χ0) is 12.3. The predicted octanol–water partition coefficient (Wildman–Crippen LogP) is 2.20. The molecule has 1 heterocycles. The average Bonchev–Trinajstić information content (AvgIpc) is 2.68. The number of aliphatic imine (C=N–C) groups is 1. The summed E-state index contributed by atoms with van der Waals surface area (Å²) in [4.78, 5) is 3.96. The molecule has 0 aliphatic heterocycles. The molecule has 86 valence electrons. The van der Waals surface area contributed by atoms with Crippen molar-refractivity contribution in [2.24, 2.45) is 10.8 Å². The molecule has 0 fully saturated rings. The Morgan fingerprint density at radius 3 is 2.71 bits per heavy atom. The smallest absolute Gasteiger partial charge is 0.170 e. The Kier molecular flexibility index (Phi) is 3.30. The van der Waals surface area contributed by atoms with Gasteiger partial charge in [0.25, 0.3) is 0 Å². The summed E-state index contributed by atoms with van der Waals surface area (Å²) >= 11 is 4.60. The molecule has 3 N–H and O–H groups in total. The number of hydrogen-bond acceptors (Lipinski definition) is 5. The van der Waals surface area contributed by atoms with E-state index in [0.717, 1.165) is 11.4 Å². The van der Waals surface area contributed by atoms with Crippen LogP contribution in [0.4, 0.5) is 11.5 Å². The standard InChI is InChI=1S/C11H11N5S/c1-8-10(13-7-17)11(14-12)16(15-8)9-5-3-2-4-6-9/h2-6,14H,12H2,1H3. The van der Waals surface area contributed by atoms with Crippen molar-refractivity contribution in [2.45, 2.75) is 6.92 Å². The second-order valence-electron chi connectivity index (χ2n) is 3.38. The summed E-state index contributed by atoms with van der Waals surface area (Å²) < 4.78 is 1.68. The molecule has 0 aliphatic carbocycles. The molecule has 17 heavy (non-hydrogen) atoms. The van der Waals surface area contributed by atoms with Crippen LogP contribution >= 0.6 is 12.2 Å². The lowest BCUT2D eigenvalue weighted by atomic mass is 10.3. The molecule has 0 saturated carbocycles. The number of aromatic nitrogens is 2. The van der Waals surface area contributed by atoms with Gasteiger partial charge >= 0.3 is 0 Å². The number of rotatable bonds is 3. The van der Waals surface area contributed by atoms with E-state index < -0.39 is 0 Å². The number of hydrogen-bond donors (Lipinski definition) is 2. The van der Waals surface area contributed by atoms with E-state index in [2.05, 4.69) is 32.9 Å². The minimum Gasteiger partial charge on any atom is -0.307 e. The summed E-state index contributed by atoms with van der Waals surface area (Å²) in [6.07, 6.45) is 0. The van der Waals surface area contributed by atoms with Crippen LogP contribution in [-0.2, 0) is 0 Å². The molecule has 0 spiro atoms. The van der Waals surface area contributed by atoms with Crippen molar-refractivity contribution in [3.63, 3.8) is 0 Å². The number of nitrogens with two attached hydrogens (primary N) is 1. The molecule has 0 aliphatic rings. The Bertz CT molecular complexity index is 569. The van der Waals surface area contributed by atoms with Gasteiger partial charge < -0.3 is 5.43 Å². The molecule has 2 aromatic rings. The topological polar surface area (TPSA) is 68.2 Å². The first-order valence-corrected chi connectivity index (χ1v) is 5.38. The van der Waals surface area contributed by atoms with Crippen molar-refractivity contribution in [3.8, 4) is 5.69 Å². The fraction of sp³-hybridized carbons (Fsp3) is 0.0909. The van der Waals surface area contributed by atoms with Gasteiger partial charge in [0.05, 0.1) is 16.5 Å². The molecule has 1 aromatic heterocycles. The largest absolute Gasteiger partial charge is 0.307 e. The first-order chi connectivity index (χ1) is 8.27. The van der Waals surface area contributed by atoms with E-state index in [1.54, 1.807) is 4.68 Å². The van der Waals surface area contributed by atoms with Crippen LogP contribution in [0, 0.1) is 6.92 Å². The Labute approximate surface area is 104 Å². The van der Waals surface area contributed by atoms with E-state index in [-0.39, 0.29) is 0 Å². The van der Waals surface area contributed by atoms with Gasteiger partial charge in [0.15, 0.2) is 5.82 Å². The maximum atomic E-state index is 5.50. The van der Waals surface area contributed by atoms with Gasteiger partial charge in [-0.3, -0.25) is 0 Å². The maximum absolute atomic E-state index is 5.50. The average molecular weight is 245 g/mol. The van der Waals surface area contributed by atoms with Crippen LogP contribution in [-0.4, -0.2) is 14.9 Å². The van der Waals surface area contributed by atoms with Crippen LogP contribution in [0.5, 0.6) is 0 Å². The molecule has 2 rings (SSSR count). The number of hydrazine groups is 1. The van der Waals surface area contributed by atoms with Gasteiger partial charge in [-0.15, -0.1) is 0 Å². The number of nitrogen functional groups attached to an aromatic ring is 1. The molecule has 0 saturated heterocycles. The highest BCUT2D eigenvalue weighted by molar-refractivity contribution is 7.78. The summed E-state index contributed by atoms with van der Waals surface area (Å²) in [7, 11) is 0. The van der Waals surface area contributed by atoms with E-state index in [0.29, 0.717) is 11.5 Å². The Hall–Kier alpha value is -2.01. The van der Waals surface area contributed by atoms with E-state index in [1.165, 1.54) is 0 Å². The molecule has 6 heteroatoms. The second-order valence-corrected chi connectivity index (χ2v) is 3.56. The van der Waals surface area contributed by atoms with Crippen molar-refractivity contribution in [1.29, 1.82) is 0 Å². The van der Waals surface area contributed by atoms with Gasteiger partial charge in [-0.1, -0.05) is 18.2 Å². The van der Waals surface area contributed by atoms with Crippen molar-refractivity contribution in [2.75, 3.05) is 5.43 Å². The van der Waals surface area contributed by atoms with Gasteiger partial charge in [-0.05, 0) is 31.3 Å². The van der Waals surface area contributed by atoms with Crippen LogP contribution in [0.2, 0.25) is 0 Å². The number of benzene rings is 1. The minimum absolute atomic E-state index is 0.589. The molecule has 0 unspecified atom stereocenters.